The predicted molar refractivity (Wildman–Crippen MR) is 84.0 cm³/mol. The topological polar surface area (TPSA) is 21.6 Å². The van der Waals surface area contributed by atoms with Crippen LogP contribution in [0.1, 0.15) is 23.6 Å². The molecule has 0 N–H and O–H groups in total. The van der Waals surface area contributed by atoms with Crippen molar-refractivity contribution in [3.8, 4) is 0 Å². The molecule has 1 unspecified atom stereocenters. The van der Waals surface area contributed by atoms with Crippen molar-refractivity contribution in [3.63, 3.8) is 0 Å². The fourth-order valence-corrected chi connectivity index (χ4v) is 1.95. The highest BCUT2D eigenvalue weighted by atomic mass is 16.5. The van der Waals surface area contributed by atoms with Crippen LogP contribution in [0.5, 0.6) is 0 Å². The molecule has 2 aromatic carbocycles. The van der Waals surface area contributed by atoms with E-state index in [4.69, 9.17) is 4.74 Å². The number of aliphatic imine (C=N–C) groups is 1. The molecule has 2 rings (SSSR count). The number of hydrogen-bond donors (Lipinski definition) is 0. The van der Waals surface area contributed by atoms with Gasteiger partial charge in [0.2, 0.25) is 0 Å². The lowest BCUT2D eigenvalue weighted by Gasteiger charge is -2.14. The molecule has 102 valence electrons. The van der Waals surface area contributed by atoms with E-state index in [2.05, 4.69) is 23.7 Å². The van der Waals surface area contributed by atoms with Crippen LogP contribution in [-0.2, 0) is 4.74 Å². The number of methoxy groups -OCH3 is 1. The molecule has 0 bridgehead atoms. The first-order chi connectivity index (χ1) is 9.79. The van der Waals surface area contributed by atoms with Crippen LogP contribution in [0.4, 0.5) is 0 Å². The van der Waals surface area contributed by atoms with E-state index in [0.717, 1.165) is 16.9 Å². The quantitative estimate of drug-likeness (QED) is 0.560. The summed E-state index contributed by atoms with van der Waals surface area (Å²) in [6.45, 7) is 3.90. The minimum Gasteiger partial charge on any atom is -0.502 e. The van der Waals surface area contributed by atoms with E-state index in [1.54, 1.807) is 7.11 Å². The van der Waals surface area contributed by atoms with Crippen LogP contribution in [0.15, 0.2) is 78.0 Å². The summed E-state index contributed by atoms with van der Waals surface area (Å²) in [6, 6.07) is 20.3. The zero-order valence-electron chi connectivity index (χ0n) is 11.7. The Labute approximate surface area is 120 Å². The number of nitrogens with zero attached hydrogens (tertiary/aromatic N) is 1. The standard InChI is InChI=1S/C18H19NO/c1-15(20-2)13-18(17-11-7-4-8-12-17)19-14-16-9-5-3-6-10-16/h3-12,14,18H,1,13H2,2H3. The molecule has 0 saturated carbocycles. The average molecular weight is 265 g/mol. The summed E-state index contributed by atoms with van der Waals surface area (Å²) in [4.78, 5) is 4.69. The smallest absolute Gasteiger partial charge is 0.0908 e. The summed E-state index contributed by atoms with van der Waals surface area (Å²) in [5.41, 5.74) is 2.26. The van der Waals surface area contributed by atoms with E-state index in [1.807, 2.05) is 54.7 Å². The molecule has 0 heterocycles. The molecule has 2 aromatic rings. The largest absolute Gasteiger partial charge is 0.502 e. The van der Waals surface area contributed by atoms with E-state index < -0.39 is 0 Å². The van der Waals surface area contributed by atoms with Gasteiger partial charge in [0.05, 0.1) is 18.9 Å². The van der Waals surface area contributed by atoms with Crippen molar-refractivity contribution in [2.75, 3.05) is 7.11 Å². The fourth-order valence-electron chi connectivity index (χ4n) is 1.95. The lowest BCUT2D eigenvalue weighted by molar-refractivity contribution is 0.273. The second kappa shape index (κ2) is 7.29. The van der Waals surface area contributed by atoms with E-state index in [1.165, 1.54) is 0 Å². The lowest BCUT2D eigenvalue weighted by Crippen LogP contribution is -1.99. The van der Waals surface area contributed by atoms with Crippen LogP contribution < -0.4 is 0 Å². The van der Waals surface area contributed by atoms with Crippen molar-refractivity contribution >= 4 is 6.21 Å². The second-order valence-electron chi connectivity index (χ2n) is 4.56. The lowest BCUT2D eigenvalue weighted by atomic mass is 10.0. The molecule has 0 aliphatic carbocycles. The van der Waals surface area contributed by atoms with Gasteiger partial charge in [-0.3, -0.25) is 4.99 Å². The Bertz CT molecular complexity index is 560. The Morgan fingerprint density at radius 1 is 1.10 bits per heavy atom. The third-order valence-electron chi connectivity index (χ3n) is 3.10. The maximum atomic E-state index is 5.19. The number of benzene rings is 2. The van der Waals surface area contributed by atoms with Crippen LogP contribution in [0, 0.1) is 0 Å². The normalized spacial score (nSPS) is 12.2. The SMILES string of the molecule is C=C(CC(N=Cc1ccccc1)c1ccccc1)OC. The van der Waals surface area contributed by atoms with Gasteiger partial charge in [0, 0.05) is 12.6 Å². The monoisotopic (exact) mass is 265 g/mol. The van der Waals surface area contributed by atoms with E-state index >= 15 is 0 Å². The molecule has 2 heteroatoms. The molecule has 1 atom stereocenters. The highest BCUT2D eigenvalue weighted by Crippen LogP contribution is 2.24. The van der Waals surface area contributed by atoms with Gasteiger partial charge in [0.15, 0.2) is 0 Å². The summed E-state index contributed by atoms with van der Waals surface area (Å²) < 4.78 is 5.19. The Kier molecular flexibility index (Phi) is 5.13. The summed E-state index contributed by atoms with van der Waals surface area (Å²) in [6.07, 6.45) is 2.59. The van der Waals surface area contributed by atoms with Gasteiger partial charge < -0.3 is 4.74 Å². The van der Waals surface area contributed by atoms with Crippen molar-refractivity contribution < 1.29 is 4.74 Å². The maximum absolute atomic E-state index is 5.19. The zero-order valence-corrected chi connectivity index (χ0v) is 11.7. The Hall–Kier alpha value is -2.35. The third-order valence-corrected chi connectivity index (χ3v) is 3.10. The van der Waals surface area contributed by atoms with Crippen LogP contribution in [-0.4, -0.2) is 13.3 Å². The van der Waals surface area contributed by atoms with Gasteiger partial charge in [0.25, 0.3) is 0 Å². The van der Waals surface area contributed by atoms with Gasteiger partial charge >= 0.3 is 0 Å². The highest BCUT2D eigenvalue weighted by molar-refractivity contribution is 5.79. The fraction of sp³-hybridized carbons (Fsp3) is 0.167. The Morgan fingerprint density at radius 3 is 2.30 bits per heavy atom. The first-order valence-electron chi connectivity index (χ1n) is 6.64. The number of ether oxygens (including phenoxy) is 1. The minimum absolute atomic E-state index is 0.0313. The summed E-state index contributed by atoms with van der Waals surface area (Å²) in [5.74, 6) is 0.740. The van der Waals surface area contributed by atoms with Crippen molar-refractivity contribution in [3.05, 3.63) is 84.1 Å². The van der Waals surface area contributed by atoms with Crippen molar-refractivity contribution in [2.45, 2.75) is 12.5 Å². The first kappa shape index (κ1) is 14.1. The van der Waals surface area contributed by atoms with Crippen LogP contribution >= 0.6 is 0 Å². The van der Waals surface area contributed by atoms with E-state index in [0.29, 0.717) is 6.42 Å². The van der Waals surface area contributed by atoms with Gasteiger partial charge in [0.1, 0.15) is 0 Å². The Balaban J connectivity index is 2.19. The van der Waals surface area contributed by atoms with Crippen LogP contribution in [0.2, 0.25) is 0 Å². The zero-order chi connectivity index (χ0) is 14.2. The van der Waals surface area contributed by atoms with Gasteiger partial charge in [-0.05, 0) is 11.1 Å². The maximum Gasteiger partial charge on any atom is 0.0908 e. The van der Waals surface area contributed by atoms with Crippen LogP contribution in [0.25, 0.3) is 0 Å². The second-order valence-corrected chi connectivity index (χ2v) is 4.56. The molecular formula is C18H19NO. The summed E-state index contributed by atoms with van der Waals surface area (Å²) >= 11 is 0. The third kappa shape index (κ3) is 4.09. The molecule has 0 aromatic heterocycles. The molecule has 20 heavy (non-hydrogen) atoms. The van der Waals surface area contributed by atoms with Crippen molar-refractivity contribution in [1.29, 1.82) is 0 Å². The molecule has 2 nitrogen and oxygen atoms in total. The summed E-state index contributed by atoms with van der Waals surface area (Å²) in [5, 5.41) is 0. The predicted octanol–water partition coefficient (Wildman–Crippen LogP) is 4.40. The van der Waals surface area contributed by atoms with Crippen LogP contribution in [0.3, 0.4) is 0 Å². The highest BCUT2D eigenvalue weighted by Gasteiger charge is 2.11. The molecule has 0 saturated heterocycles. The molecular weight excluding hydrogens is 246 g/mol. The van der Waals surface area contributed by atoms with E-state index in [9.17, 15) is 0 Å². The number of rotatable bonds is 6. The van der Waals surface area contributed by atoms with Crippen molar-refractivity contribution in [2.24, 2.45) is 4.99 Å². The molecule has 0 aliphatic rings. The molecule has 0 spiro atoms. The molecule has 0 radical (unpaired) electrons. The molecule has 0 amide bonds. The first-order valence-corrected chi connectivity index (χ1v) is 6.64. The van der Waals surface area contributed by atoms with Crippen molar-refractivity contribution in [1.82, 2.24) is 0 Å². The van der Waals surface area contributed by atoms with Gasteiger partial charge in [-0.25, -0.2) is 0 Å². The summed E-state index contributed by atoms with van der Waals surface area (Å²) in [7, 11) is 1.64. The van der Waals surface area contributed by atoms with Gasteiger partial charge in [-0.15, -0.1) is 0 Å². The molecule has 0 aliphatic heterocycles. The minimum atomic E-state index is 0.0313. The Morgan fingerprint density at radius 2 is 1.70 bits per heavy atom. The van der Waals surface area contributed by atoms with E-state index in [-0.39, 0.29) is 6.04 Å². The molecule has 0 fully saturated rings. The van der Waals surface area contributed by atoms with Gasteiger partial charge in [-0.2, -0.15) is 0 Å². The average Bonchev–Trinajstić information content (AvgIpc) is 2.53. The number of hydrogen-bond acceptors (Lipinski definition) is 2. The van der Waals surface area contributed by atoms with Gasteiger partial charge in [-0.1, -0.05) is 67.2 Å².